The standard InChI is InChI=1S/C8H3F4O2.O.Tl/c1-14-8(13)5-6(11)3(9)2-4(10)7(5)12;;/h1H3;;. The molecule has 0 aliphatic heterocycles. The predicted molar refractivity (Wildman–Crippen MR) is 43.7 cm³/mol. The summed E-state index contributed by atoms with van der Waals surface area (Å²) >= 11 is -3.29. The zero-order chi connectivity index (χ0) is 12.5. The van der Waals surface area contributed by atoms with Crippen molar-refractivity contribution in [2.24, 2.45) is 0 Å². The minimum absolute atomic E-state index is 0.803. The third kappa shape index (κ3) is 1.99. The number of carbonyl (C=O) groups is 1. The van der Waals surface area contributed by atoms with Crippen LogP contribution in [0.2, 0.25) is 0 Å². The molecule has 0 bridgehead atoms. The Kier molecular flexibility index (Phi) is 4.10. The second-order valence-electron chi connectivity index (χ2n) is 2.65. The second-order valence-corrected chi connectivity index (χ2v) is 5.81. The predicted octanol–water partition coefficient (Wildman–Crippen LogP) is 0.705. The molecule has 3 nitrogen and oxygen atoms in total. The Bertz CT molecular complexity index is 446. The Balaban J connectivity index is 3.66. The summed E-state index contributed by atoms with van der Waals surface area (Å²) in [6.07, 6.45) is 0. The van der Waals surface area contributed by atoms with Gasteiger partial charge >= 0.3 is 99.1 Å². The molecule has 0 atom stereocenters. The number of rotatable bonds is 2. The van der Waals surface area contributed by atoms with Gasteiger partial charge in [-0.3, -0.25) is 0 Å². The van der Waals surface area contributed by atoms with E-state index >= 15 is 0 Å². The molecular formula is C8H3F4O3Tl. The van der Waals surface area contributed by atoms with Gasteiger partial charge < -0.3 is 0 Å². The number of methoxy groups -OCH3 is 1. The molecule has 1 aromatic carbocycles. The van der Waals surface area contributed by atoms with E-state index in [0.29, 0.717) is 0 Å². The molecule has 0 amide bonds. The van der Waals surface area contributed by atoms with Gasteiger partial charge in [-0.2, -0.15) is 0 Å². The molecule has 8 heteroatoms. The van der Waals surface area contributed by atoms with Crippen LogP contribution >= 0.6 is 0 Å². The van der Waals surface area contributed by atoms with Gasteiger partial charge in [-0.25, -0.2) is 0 Å². The van der Waals surface area contributed by atoms with Gasteiger partial charge in [0.15, 0.2) is 0 Å². The van der Waals surface area contributed by atoms with E-state index in [4.69, 9.17) is 0 Å². The quantitative estimate of drug-likeness (QED) is 0.302. The fourth-order valence-electron chi connectivity index (χ4n) is 1.03. The summed E-state index contributed by atoms with van der Waals surface area (Å²) in [5.74, 6) is -8.88. The number of benzene rings is 1. The molecule has 0 spiro atoms. The summed E-state index contributed by atoms with van der Waals surface area (Å²) in [5.41, 5.74) is -1.46. The van der Waals surface area contributed by atoms with Crippen molar-refractivity contribution in [3.8, 4) is 0 Å². The molecule has 0 radical (unpaired) electrons. The fourth-order valence-corrected chi connectivity index (χ4v) is 2.82. The van der Waals surface area contributed by atoms with Crippen LogP contribution in [0.1, 0.15) is 10.4 Å². The van der Waals surface area contributed by atoms with Crippen LogP contribution < -0.4 is 3.12 Å². The summed E-state index contributed by atoms with van der Waals surface area (Å²) in [4.78, 5) is 10.9. The number of halogens is 4. The SMILES string of the molecule is COC(=O)c1c(F)c(F)[c]([Tl]=[O])c(F)c1F. The molecule has 1 aromatic rings. The average Bonchev–Trinajstić information content (AvgIpc) is 2.27. The van der Waals surface area contributed by atoms with Gasteiger partial charge in [0.25, 0.3) is 0 Å². The van der Waals surface area contributed by atoms with Gasteiger partial charge in [-0.05, 0) is 0 Å². The molecule has 0 aliphatic carbocycles. The van der Waals surface area contributed by atoms with E-state index in [0.717, 1.165) is 7.11 Å². The third-order valence-corrected chi connectivity index (χ3v) is 4.69. The maximum atomic E-state index is 13.1. The Morgan fingerprint density at radius 1 is 1.06 bits per heavy atom. The van der Waals surface area contributed by atoms with Crippen LogP contribution in [0.25, 0.3) is 0 Å². The van der Waals surface area contributed by atoms with Crippen LogP contribution in [-0.2, 0) is 7.42 Å². The van der Waals surface area contributed by atoms with Gasteiger partial charge in [0.05, 0.1) is 0 Å². The first-order chi connectivity index (χ1) is 7.45. The summed E-state index contributed by atoms with van der Waals surface area (Å²) in [6, 6.07) is 0. The molecule has 0 unspecified atom stereocenters. The first-order valence-corrected chi connectivity index (χ1v) is 7.92. The average molecular weight is 427 g/mol. The van der Waals surface area contributed by atoms with Crippen LogP contribution in [0, 0.1) is 23.3 Å². The van der Waals surface area contributed by atoms with E-state index < -0.39 is 62.2 Å². The van der Waals surface area contributed by atoms with Crippen LogP contribution in [0.4, 0.5) is 17.6 Å². The van der Waals surface area contributed by atoms with Crippen LogP contribution in [0.3, 0.4) is 0 Å². The summed E-state index contributed by atoms with van der Waals surface area (Å²) in [7, 11) is 0.803. The Labute approximate surface area is 99.1 Å². The van der Waals surface area contributed by atoms with Crippen LogP contribution in [0.5, 0.6) is 0 Å². The molecule has 0 fully saturated rings. The molecule has 84 valence electrons. The minimum atomic E-state index is -3.29. The number of hydrogen-bond donors (Lipinski definition) is 0. The van der Waals surface area contributed by atoms with Gasteiger partial charge in [-0.15, -0.1) is 0 Å². The van der Waals surface area contributed by atoms with E-state index in [1.165, 1.54) is 0 Å². The van der Waals surface area contributed by atoms with Crippen molar-refractivity contribution < 1.29 is 29.8 Å². The summed E-state index contributed by atoms with van der Waals surface area (Å²) in [5, 5.41) is 0. The van der Waals surface area contributed by atoms with Gasteiger partial charge in [0, 0.05) is 0 Å². The molecule has 0 aromatic heterocycles. The Morgan fingerprint density at radius 3 is 1.81 bits per heavy atom. The zero-order valence-electron chi connectivity index (χ0n) is 7.81. The van der Waals surface area contributed by atoms with E-state index in [1.807, 2.05) is 0 Å². The molecule has 0 N–H and O–H groups in total. The Morgan fingerprint density at radius 2 is 1.50 bits per heavy atom. The van der Waals surface area contributed by atoms with Crippen molar-refractivity contribution in [1.82, 2.24) is 0 Å². The van der Waals surface area contributed by atoms with E-state index in [-0.39, 0.29) is 0 Å². The van der Waals surface area contributed by atoms with Crippen molar-refractivity contribution >= 4 is 33.3 Å². The molecule has 0 saturated carbocycles. The number of hydrogen-bond acceptors (Lipinski definition) is 3. The topological polar surface area (TPSA) is 43.4 Å². The van der Waals surface area contributed by atoms with E-state index in [1.54, 1.807) is 0 Å². The normalized spacial score (nSPS) is 9.81. The molecule has 16 heavy (non-hydrogen) atoms. The van der Waals surface area contributed by atoms with Gasteiger partial charge in [0.2, 0.25) is 0 Å². The summed E-state index contributed by atoms with van der Waals surface area (Å²) in [6.45, 7) is 0. The summed E-state index contributed by atoms with van der Waals surface area (Å²) < 4.78 is 65.8. The molecule has 0 heterocycles. The monoisotopic (exact) mass is 428 g/mol. The van der Waals surface area contributed by atoms with E-state index in [2.05, 4.69) is 4.74 Å². The van der Waals surface area contributed by atoms with Crippen molar-refractivity contribution in [3.05, 3.63) is 28.8 Å². The van der Waals surface area contributed by atoms with Crippen LogP contribution in [-0.4, -0.2) is 37.3 Å². The maximum absolute atomic E-state index is 13.1. The van der Waals surface area contributed by atoms with Crippen molar-refractivity contribution in [3.63, 3.8) is 0 Å². The zero-order valence-corrected chi connectivity index (χ0v) is 12.3. The number of carbonyl (C=O) groups excluding carboxylic acids is 1. The Hall–Kier alpha value is -0.868. The van der Waals surface area contributed by atoms with Crippen molar-refractivity contribution in [1.29, 1.82) is 0 Å². The molecular weight excluding hydrogens is 424 g/mol. The third-order valence-electron chi connectivity index (χ3n) is 1.80. The fraction of sp³-hybridized carbons (Fsp3) is 0.125. The number of ether oxygens (including phenoxy) is 1. The van der Waals surface area contributed by atoms with Crippen LogP contribution in [0.15, 0.2) is 0 Å². The molecule has 1 rings (SSSR count). The number of esters is 1. The molecule has 0 saturated heterocycles. The first kappa shape index (κ1) is 13.2. The molecule has 0 aliphatic rings. The van der Waals surface area contributed by atoms with E-state index in [9.17, 15) is 25.0 Å². The van der Waals surface area contributed by atoms with Crippen molar-refractivity contribution in [2.75, 3.05) is 7.11 Å². The van der Waals surface area contributed by atoms with Gasteiger partial charge in [0.1, 0.15) is 0 Å². The first-order valence-electron chi connectivity index (χ1n) is 3.85. The van der Waals surface area contributed by atoms with Crippen molar-refractivity contribution in [2.45, 2.75) is 0 Å². The second kappa shape index (κ2) is 4.98. The van der Waals surface area contributed by atoms with Gasteiger partial charge in [-0.1, -0.05) is 0 Å².